The van der Waals surface area contributed by atoms with Crippen molar-refractivity contribution in [3.05, 3.63) is 58.1 Å². The minimum absolute atomic E-state index is 0.0998. The normalized spacial score (nSPS) is 12.0. The molecule has 0 aliphatic heterocycles. The molecule has 2 rings (SSSR count). The van der Waals surface area contributed by atoms with Gasteiger partial charge in [-0.25, -0.2) is 0 Å². The summed E-state index contributed by atoms with van der Waals surface area (Å²) >= 11 is 3.29. The second-order valence-electron chi connectivity index (χ2n) is 4.05. The van der Waals surface area contributed by atoms with Crippen LogP contribution in [-0.2, 0) is 6.18 Å². The molecule has 104 valence electrons. The maximum atomic E-state index is 12.7. The van der Waals surface area contributed by atoms with Crippen LogP contribution < -0.4 is 5.73 Å². The van der Waals surface area contributed by atoms with Crippen LogP contribution in [0.1, 0.15) is 11.1 Å². The molecule has 0 atom stereocenters. The summed E-state index contributed by atoms with van der Waals surface area (Å²) in [6, 6.07) is 10.9. The molecule has 0 spiro atoms. The molecule has 6 heteroatoms. The number of nitrogen functional groups attached to an aromatic ring is 1. The molecule has 0 aliphatic carbocycles. The Balaban J connectivity index is 2.32. The first-order valence-corrected chi connectivity index (χ1v) is 6.42. The van der Waals surface area contributed by atoms with Gasteiger partial charge in [0.1, 0.15) is 0 Å². The van der Waals surface area contributed by atoms with Gasteiger partial charge in [0, 0.05) is 10.7 Å². The van der Waals surface area contributed by atoms with Gasteiger partial charge in [-0.3, -0.25) is 4.99 Å². The number of nitrogens with two attached hydrogens (primary N) is 1. The molecule has 0 unspecified atom stereocenters. The van der Waals surface area contributed by atoms with E-state index in [2.05, 4.69) is 20.9 Å². The van der Waals surface area contributed by atoms with Gasteiger partial charge in [0.15, 0.2) is 0 Å². The number of halogens is 4. The van der Waals surface area contributed by atoms with E-state index in [1.807, 2.05) is 12.1 Å². The molecular formula is C14H10BrF3N2. The average molecular weight is 343 g/mol. The molecule has 20 heavy (non-hydrogen) atoms. The highest BCUT2D eigenvalue weighted by molar-refractivity contribution is 9.10. The van der Waals surface area contributed by atoms with E-state index in [9.17, 15) is 13.2 Å². The van der Waals surface area contributed by atoms with Crippen molar-refractivity contribution in [1.29, 1.82) is 0 Å². The molecule has 0 radical (unpaired) electrons. The number of benzene rings is 2. The Bertz CT molecular complexity index is 634. The molecule has 2 N–H and O–H groups in total. The zero-order chi connectivity index (χ0) is 14.8. The summed E-state index contributed by atoms with van der Waals surface area (Å²) in [7, 11) is 0. The Labute approximate surface area is 122 Å². The molecule has 0 heterocycles. The summed E-state index contributed by atoms with van der Waals surface area (Å²) in [5, 5.41) is 0. The molecule has 0 amide bonds. The van der Waals surface area contributed by atoms with Crippen LogP contribution in [0.3, 0.4) is 0 Å². The maximum Gasteiger partial charge on any atom is 0.418 e. The zero-order valence-corrected chi connectivity index (χ0v) is 11.7. The monoisotopic (exact) mass is 342 g/mol. The third-order valence-corrected chi connectivity index (χ3v) is 3.14. The molecule has 0 saturated carbocycles. The predicted molar refractivity (Wildman–Crippen MR) is 77.3 cm³/mol. The Morgan fingerprint density at radius 3 is 2.30 bits per heavy atom. The van der Waals surface area contributed by atoms with E-state index in [0.29, 0.717) is 0 Å². The van der Waals surface area contributed by atoms with Crippen molar-refractivity contribution in [1.82, 2.24) is 0 Å². The van der Waals surface area contributed by atoms with Gasteiger partial charge < -0.3 is 5.73 Å². The predicted octanol–water partition coefficient (Wildman–Crippen LogP) is 4.80. The summed E-state index contributed by atoms with van der Waals surface area (Å²) in [5.74, 6) is 0. The highest BCUT2D eigenvalue weighted by Crippen LogP contribution is 2.37. The summed E-state index contributed by atoms with van der Waals surface area (Å²) < 4.78 is 39.0. The van der Waals surface area contributed by atoms with E-state index in [4.69, 9.17) is 5.73 Å². The van der Waals surface area contributed by atoms with Crippen LogP contribution in [-0.4, -0.2) is 6.21 Å². The van der Waals surface area contributed by atoms with Crippen molar-refractivity contribution in [3.63, 3.8) is 0 Å². The zero-order valence-electron chi connectivity index (χ0n) is 10.2. The third-order valence-electron chi connectivity index (χ3n) is 2.61. The first kappa shape index (κ1) is 14.6. The first-order valence-electron chi connectivity index (χ1n) is 5.63. The maximum absolute atomic E-state index is 12.7. The van der Waals surface area contributed by atoms with Crippen molar-refractivity contribution < 1.29 is 13.2 Å². The van der Waals surface area contributed by atoms with Gasteiger partial charge in [-0.05, 0) is 29.8 Å². The van der Waals surface area contributed by atoms with E-state index in [-0.39, 0.29) is 11.4 Å². The lowest BCUT2D eigenvalue weighted by atomic mass is 10.1. The van der Waals surface area contributed by atoms with Crippen LogP contribution >= 0.6 is 15.9 Å². The van der Waals surface area contributed by atoms with Crippen molar-refractivity contribution in [2.24, 2.45) is 4.99 Å². The lowest BCUT2D eigenvalue weighted by Gasteiger charge is -2.10. The quantitative estimate of drug-likeness (QED) is 0.617. The van der Waals surface area contributed by atoms with Gasteiger partial charge >= 0.3 is 6.18 Å². The minimum atomic E-state index is -4.48. The number of para-hydroxylation sites is 1. The summed E-state index contributed by atoms with van der Waals surface area (Å²) in [4.78, 5) is 4.01. The number of anilines is 1. The van der Waals surface area contributed by atoms with Gasteiger partial charge in [-0.2, -0.15) is 13.2 Å². The highest BCUT2D eigenvalue weighted by atomic mass is 79.9. The number of aliphatic imine (C=N–C) groups is 1. The molecule has 2 aromatic carbocycles. The summed E-state index contributed by atoms with van der Waals surface area (Å²) in [5.41, 5.74) is 5.15. The van der Waals surface area contributed by atoms with E-state index in [1.54, 1.807) is 12.1 Å². The van der Waals surface area contributed by atoms with Crippen molar-refractivity contribution in [3.8, 4) is 0 Å². The van der Waals surface area contributed by atoms with Crippen molar-refractivity contribution >= 4 is 33.5 Å². The highest BCUT2D eigenvalue weighted by Gasteiger charge is 2.33. The average Bonchev–Trinajstić information content (AvgIpc) is 2.38. The summed E-state index contributed by atoms with van der Waals surface area (Å²) in [6.07, 6.45) is -3.01. The molecule has 0 aromatic heterocycles. The number of rotatable bonds is 2. The molecule has 0 saturated heterocycles. The standard InChI is InChI=1S/C14H10BrF3N2/c15-10-6-4-9(5-7-10)8-20-12-3-1-2-11(13(12)19)14(16,17)18/h1-8H,19H2. The van der Waals surface area contributed by atoms with Crippen LogP contribution in [0.15, 0.2) is 51.9 Å². The van der Waals surface area contributed by atoms with E-state index in [0.717, 1.165) is 16.1 Å². The number of hydrogen-bond acceptors (Lipinski definition) is 2. The SMILES string of the molecule is Nc1c(N=Cc2ccc(Br)cc2)cccc1C(F)(F)F. The fourth-order valence-corrected chi connectivity index (χ4v) is 1.87. The first-order chi connectivity index (χ1) is 9.38. The lowest BCUT2D eigenvalue weighted by molar-refractivity contribution is -0.136. The van der Waals surface area contributed by atoms with E-state index in [1.165, 1.54) is 18.3 Å². The van der Waals surface area contributed by atoms with Crippen LogP contribution in [0.5, 0.6) is 0 Å². The van der Waals surface area contributed by atoms with Crippen molar-refractivity contribution in [2.75, 3.05) is 5.73 Å². The Hall–Kier alpha value is -1.82. The number of alkyl halides is 3. The minimum Gasteiger partial charge on any atom is -0.396 e. The second-order valence-corrected chi connectivity index (χ2v) is 4.96. The van der Waals surface area contributed by atoms with E-state index >= 15 is 0 Å². The van der Waals surface area contributed by atoms with Gasteiger partial charge in [0.25, 0.3) is 0 Å². The molecule has 0 aliphatic rings. The fraction of sp³-hybridized carbons (Fsp3) is 0.0714. The Morgan fingerprint density at radius 2 is 1.70 bits per heavy atom. The molecule has 0 fully saturated rings. The Morgan fingerprint density at radius 1 is 1.05 bits per heavy atom. The van der Waals surface area contributed by atoms with Crippen molar-refractivity contribution in [2.45, 2.75) is 6.18 Å². The Kier molecular flexibility index (Phi) is 4.13. The summed E-state index contributed by atoms with van der Waals surface area (Å²) in [6.45, 7) is 0. The van der Waals surface area contributed by atoms with Crippen LogP contribution in [0, 0.1) is 0 Å². The number of nitrogens with zero attached hydrogens (tertiary/aromatic N) is 1. The smallest absolute Gasteiger partial charge is 0.396 e. The van der Waals surface area contributed by atoms with E-state index < -0.39 is 11.7 Å². The fourth-order valence-electron chi connectivity index (χ4n) is 1.61. The van der Waals surface area contributed by atoms with Gasteiger partial charge in [0.05, 0.1) is 16.9 Å². The molecular weight excluding hydrogens is 333 g/mol. The van der Waals surface area contributed by atoms with Gasteiger partial charge in [-0.1, -0.05) is 34.1 Å². The number of hydrogen-bond donors (Lipinski definition) is 1. The lowest BCUT2D eigenvalue weighted by Crippen LogP contribution is -2.08. The van der Waals surface area contributed by atoms with Crippen LogP contribution in [0.25, 0.3) is 0 Å². The topological polar surface area (TPSA) is 38.4 Å². The third kappa shape index (κ3) is 3.39. The van der Waals surface area contributed by atoms with Gasteiger partial charge in [-0.15, -0.1) is 0 Å². The second kappa shape index (κ2) is 5.66. The molecule has 2 nitrogen and oxygen atoms in total. The van der Waals surface area contributed by atoms with Crippen LogP contribution in [0.2, 0.25) is 0 Å². The van der Waals surface area contributed by atoms with Gasteiger partial charge in [0.2, 0.25) is 0 Å². The largest absolute Gasteiger partial charge is 0.418 e. The van der Waals surface area contributed by atoms with Crippen LogP contribution in [0.4, 0.5) is 24.5 Å². The molecule has 2 aromatic rings. The molecule has 0 bridgehead atoms.